The molecule has 0 aliphatic carbocycles. The second-order valence-electron chi connectivity index (χ2n) is 6.82. The molecule has 2 aromatic carbocycles. The topological polar surface area (TPSA) is 66.5 Å². The van der Waals surface area contributed by atoms with Gasteiger partial charge < -0.3 is 5.32 Å². The Kier molecular flexibility index (Phi) is 6.62. The molecule has 0 unspecified atom stereocenters. The molecule has 0 radical (unpaired) electrons. The van der Waals surface area contributed by atoms with Crippen LogP contribution in [0.2, 0.25) is 0 Å². The van der Waals surface area contributed by atoms with E-state index in [1.807, 2.05) is 13.8 Å². The van der Waals surface area contributed by atoms with Crippen molar-refractivity contribution in [1.29, 1.82) is 0 Å². The van der Waals surface area contributed by atoms with Gasteiger partial charge in [-0.3, -0.25) is 9.10 Å². The van der Waals surface area contributed by atoms with Crippen LogP contribution in [0, 0.1) is 13.8 Å². The summed E-state index contributed by atoms with van der Waals surface area (Å²) >= 11 is 0. The van der Waals surface area contributed by atoms with E-state index in [0.717, 1.165) is 33.8 Å². The number of anilines is 2. The predicted octanol–water partition coefficient (Wildman–Crippen LogP) is 4.51. The van der Waals surface area contributed by atoms with Crippen LogP contribution < -0.4 is 9.62 Å². The number of nitrogens with one attached hydrogen (secondary N) is 1. The Morgan fingerprint density at radius 3 is 2.28 bits per heavy atom. The smallest absolute Gasteiger partial charge is 0.324 e. The highest BCUT2D eigenvalue weighted by Gasteiger charge is 2.33. The van der Waals surface area contributed by atoms with Gasteiger partial charge in [0.05, 0.1) is 17.5 Å². The summed E-state index contributed by atoms with van der Waals surface area (Å²) in [6.07, 6.45) is -3.43. The number of carbonyl (C=O) groups excluding carboxylic acids is 1. The monoisotopic (exact) mass is 428 g/mol. The van der Waals surface area contributed by atoms with E-state index in [1.165, 1.54) is 12.1 Å². The number of rotatable bonds is 6. The SMILES string of the molecule is CC[C@@H](C(=O)Nc1cccc(C(F)(F)F)c1)N(c1ccc(C)c(C)c1)S(C)(=O)=O. The van der Waals surface area contributed by atoms with E-state index in [1.54, 1.807) is 25.1 Å². The van der Waals surface area contributed by atoms with E-state index >= 15 is 0 Å². The third-order valence-electron chi connectivity index (χ3n) is 4.53. The lowest BCUT2D eigenvalue weighted by Crippen LogP contribution is -2.47. The number of carbonyl (C=O) groups is 1. The van der Waals surface area contributed by atoms with Crippen LogP contribution in [0.25, 0.3) is 0 Å². The van der Waals surface area contributed by atoms with Gasteiger partial charge in [-0.15, -0.1) is 0 Å². The summed E-state index contributed by atoms with van der Waals surface area (Å²) in [5.74, 6) is -0.713. The minimum atomic E-state index is -4.55. The molecule has 1 atom stereocenters. The van der Waals surface area contributed by atoms with Gasteiger partial charge in [-0.25, -0.2) is 8.42 Å². The van der Waals surface area contributed by atoms with Crippen LogP contribution in [0.5, 0.6) is 0 Å². The zero-order valence-corrected chi connectivity index (χ0v) is 17.4. The van der Waals surface area contributed by atoms with Crippen molar-refractivity contribution in [2.45, 2.75) is 39.4 Å². The van der Waals surface area contributed by atoms with Crippen molar-refractivity contribution in [3.8, 4) is 0 Å². The van der Waals surface area contributed by atoms with Crippen LogP contribution >= 0.6 is 0 Å². The first-order valence-electron chi connectivity index (χ1n) is 8.89. The standard InChI is InChI=1S/C20H23F3N2O3S/c1-5-18(19(26)24-16-8-6-7-15(12-16)20(21,22)23)25(29(4,27)28)17-10-9-13(2)14(3)11-17/h6-12,18H,5H2,1-4H3,(H,24,26)/t18-/m0/s1. The zero-order valence-electron chi connectivity index (χ0n) is 16.5. The third kappa shape index (κ3) is 5.50. The molecule has 0 bridgehead atoms. The summed E-state index contributed by atoms with van der Waals surface area (Å²) in [7, 11) is -3.84. The molecule has 0 fully saturated rings. The van der Waals surface area contributed by atoms with Crippen LogP contribution in [0.15, 0.2) is 42.5 Å². The van der Waals surface area contributed by atoms with Gasteiger partial charge in [-0.05, 0) is 61.7 Å². The number of amides is 1. The van der Waals surface area contributed by atoms with Crippen LogP contribution in [-0.2, 0) is 21.0 Å². The average Bonchev–Trinajstić information content (AvgIpc) is 2.60. The van der Waals surface area contributed by atoms with Crippen LogP contribution in [0.3, 0.4) is 0 Å². The minimum absolute atomic E-state index is 0.0585. The molecule has 0 heterocycles. The molecule has 0 spiro atoms. The third-order valence-corrected chi connectivity index (χ3v) is 5.71. The van der Waals surface area contributed by atoms with Crippen molar-refractivity contribution >= 4 is 27.3 Å². The number of nitrogens with zero attached hydrogens (tertiary/aromatic N) is 1. The molecular formula is C20H23F3N2O3S. The van der Waals surface area contributed by atoms with Gasteiger partial charge in [0.1, 0.15) is 6.04 Å². The second kappa shape index (κ2) is 8.44. The fourth-order valence-electron chi connectivity index (χ4n) is 2.92. The first-order valence-corrected chi connectivity index (χ1v) is 10.7. The summed E-state index contributed by atoms with van der Waals surface area (Å²) < 4.78 is 64.7. The Morgan fingerprint density at radius 2 is 1.76 bits per heavy atom. The lowest BCUT2D eigenvalue weighted by molar-refractivity contribution is -0.137. The molecule has 1 amide bonds. The molecule has 0 aliphatic heterocycles. The summed E-state index contributed by atoms with van der Waals surface area (Å²) in [6.45, 7) is 5.33. The van der Waals surface area contributed by atoms with E-state index in [0.29, 0.717) is 5.69 Å². The van der Waals surface area contributed by atoms with Crippen LogP contribution in [0.1, 0.15) is 30.0 Å². The molecule has 158 valence electrons. The highest BCUT2D eigenvalue weighted by atomic mass is 32.2. The van der Waals surface area contributed by atoms with Gasteiger partial charge >= 0.3 is 6.18 Å². The second-order valence-corrected chi connectivity index (χ2v) is 8.68. The molecule has 29 heavy (non-hydrogen) atoms. The van der Waals surface area contributed by atoms with Gasteiger partial charge in [0.2, 0.25) is 15.9 Å². The molecule has 9 heteroatoms. The van der Waals surface area contributed by atoms with Gasteiger partial charge in [0.25, 0.3) is 0 Å². The molecule has 1 N–H and O–H groups in total. The van der Waals surface area contributed by atoms with Crippen molar-refractivity contribution in [3.05, 3.63) is 59.2 Å². The molecule has 0 aliphatic rings. The van der Waals surface area contributed by atoms with E-state index < -0.39 is 33.7 Å². The molecule has 5 nitrogen and oxygen atoms in total. The molecule has 0 aromatic heterocycles. The van der Waals surface area contributed by atoms with E-state index in [4.69, 9.17) is 0 Å². The lowest BCUT2D eigenvalue weighted by Gasteiger charge is -2.30. The Morgan fingerprint density at radius 1 is 1.10 bits per heavy atom. The van der Waals surface area contributed by atoms with Gasteiger partial charge in [0.15, 0.2) is 0 Å². The number of hydrogen-bond donors (Lipinski definition) is 1. The number of halogens is 3. The summed E-state index contributed by atoms with van der Waals surface area (Å²) in [5, 5.41) is 2.41. The summed E-state index contributed by atoms with van der Waals surface area (Å²) in [4.78, 5) is 12.8. The van der Waals surface area contributed by atoms with Crippen LogP contribution in [0.4, 0.5) is 24.5 Å². The lowest BCUT2D eigenvalue weighted by atomic mass is 10.1. The fourth-order valence-corrected chi connectivity index (χ4v) is 4.13. The first kappa shape index (κ1) is 22.7. The van der Waals surface area contributed by atoms with Crippen molar-refractivity contribution in [3.63, 3.8) is 0 Å². The quantitative estimate of drug-likeness (QED) is 0.737. The highest BCUT2D eigenvalue weighted by Crippen LogP contribution is 2.31. The fraction of sp³-hybridized carbons (Fsp3) is 0.350. The van der Waals surface area contributed by atoms with E-state index in [2.05, 4.69) is 5.32 Å². The zero-order chi connectivity index (χ0) is 22.0. The molecule has 0 saturated carbocycles. The largest absolute Gasteiger partial charge is 0.416 e. The first-order chi connectivity index (χ1) is 13.3. The van der Waals surface area contributed by atoms with Crippen molar-refractivity contribution < 1.29 is 26.4 Å². The number of hydrogen-bond acceptors (Lipinski definition) is 3. The molecule has 0 saturated heterocycles. The van der Waals surface area contributed by atoms with Gasteiger partial charge in [-0.2, -0.15) is 13.2 Å². The highest BCUT2D eigenvalue weighted by molar-refractivity contribution is 7.92. The van der Waals surface area contributed by atoms with Gasteiger partial charge in [-0.1, -0.05) is 19.1 Å². The maximum Gasteiger partial charge on any atom is 0.416 e. The number of aryl methyl sites for hydroxylation is 2. The number of sulfonamides is 1. The predicted molar refractivity (Wildman–Crippen MR) is 107 cm³/mol. The molecule has 2 aromatic rings. The van der Waals surface area contributed by atoms with Crippen molar-refractivity contribution in [1.82, 2.24) is 0 Å². The maximum atomic E-state index is 12.9. The Labute approximate surface area is 168 Å². The molecular weight excluding hydrogens is 405 g/mol. The van der Waals surface area contributed by atoms with Crippen molar-refractivity contribution in [2.75, 3.05) is 15.9 Å². The summed E-state index contributed by atoms with van der Waals surface area (Å²) in [6, 6.07) is 8.09. The van der Waals surface area contributed by atoms with Crippen LogP contribution in [-0.4, -0.2) is 26.6 Å². The molecule has 2 rings (SSSR count). The van der Waals surface area contributed by atoms with Crippen molar-refractivity contribution in [2.24, 2.45) is 0 Å². The van der Waals surface area contributed by atoms with Gasteiger partial charge in [0, 0.05) is 5.69 Å². The Balaban J connectivity index is 2.40. The van der Waals surface area contributed by atoms with E-state index in [9.17, 15) is 26.4 Å². The summed E-state index contributed by atoms with van der Waals surface area (Å²) in [5.41, 5.74) is 1.17. The number of benzene rings is 2. The number of alkyl halides is 3. The maximum absolute atomic E-state index is 12.9. The minimum Gasteiger partial charge on any atom is -0.324 e. The Hall–Kier alpha value is -2.55. The normalized spacial score (nSPS) is 13.1. The van der Waals surface area contributed by atoms with E-state index in [-0.39, 0.29) is 12.1 Å². The average molecular weight is 428 g/mol. The Bertz CT molecular complexity index is 1000.